The van der Waals surface area contributed by atoms with Crippen molar-refractivity contribution in [2.75, 3.05) is 31.9 Å². The van der Waals surface area contributed by atoms with Crippen LogP contribution in [0.3, 0.4) is 0 Å². The fourth-order valence-electron chi connectivity index (χ4n) is 3.76. The molecular formula is C16H32N2S. The SMILES string of the molecule is CCNC1CCC(C)CC1CN1CCSC(CC)C1. The molecule has 0 aromatic rings. The highest BCUT2D eigenvalue weighted by atomic mass is 32.2. The van der Waals surface area contributed by atoms with Crippen LogP contribution in [-0.4, -0.2) is 48.1 Å². The molecule has 1 saturated carbocycles. The third-order valence-corrected chi connectivity index (χ3v) is 6.25. The smallest absolute Gasteiger partial charge is 0.0172 e. The number of nitrogens with one attached hydrogen (secondary N) is 1. The zero-order chi connectivity index (χ0) is 13.7. The molecule has 1 saturated heterocycles. The summed E-state index contributed by atoms with van der Waals surface area (Å²) in [7, 11) is 0. The Labute approximate surface area is 124 Å². The van der Waals surface area contributed by atoms with Gasteiger partial charge in [0, 0.05) is 36.7 Å². The molecule has 2 rings (SSSR count). The topological polar surface area (TPSA) is 15.3 Å². The Morgan fingerprint density at radius 2 is 2.11 bits per heavy atom. The predicted octanol–water partition coefficient (Wildman–Crippen LogP) is 3.23. The monoisotopic (exact) mass is 284 g/mol. The predicted molar refractivity (Wildman–Crippen MR) is 86.9 cm³/mol. The zero-order valence-electron chi connectivity index (χ0n) is 13.0. The molecule has 0 aromatic carbocycles. The van der Waals surface area contributed by atoms with Crippen LogP contribution in [0.25, 0.3) is 0 Å². The van der Waals surface area contributed by atoms with Crippen molar-refractivity contribution in [1.29, 1.82) is 0 Å². The maximum Gasteiger partial charge on any atom is 0.0172 e. The van der Waals surface area contributed by atoms with Gasteiger partial charge in [0.2, 0.25) is 0 Å². The summed E-state index contributed by atoms with van der Waals surface area (Å²) in [5.74, 6) is 3.15. The van der Waals surface area contributed by atoms with Crippen LogP contribution in [0.5, 0.6) is 0 Å². The van der Waals surface area contributed by atoms with E-state index in [-0.39, 0.29) is 0 Å². The molecule has 2 nitrogen and oxygen atoms in total. The van der Waals surface area contributed by atoms with Gasteiger partial charge in [0.1, 0.15) is 0 Å². The van der Waals surface area contributed by atoms with Crippen LogP contribution in [0.15, 0.2) is 0 Å². The van der Waals surface area contributed by atoms with Gasteiger partial charge in [-0.05, 0) is 44.1 Å². The lowest BCUT2D eigenvalue weighted by Gasteiger charge is -2.40. The van der Waals surface area contributed by atoms with Gasteiger partial charge in [0.05, 0.1) is 0 Å². The van der Waals surface area contributed by atoms with Gasteiger partial charge in [-0.15, -0.1) is 0 Å². The lowest BCUT2D eigenvalue weighted by molar-refractivity contribution is 0.147. The molecule has 1 N–H and O–H groups in total. The van der Waals surface area contributed by atoms with Gasteiger partial charge < -0.3 is 10.2 Å². The summed E-state index contributed by atoms with van der Waals surface area (Å²) in [6.07, 6.45) is 5.57. The zero-order valence-corrected chi connectivity index (χ0v) is 13.8. The van der Waals surface area contributed by atoms with Crippen molar-refractivity contribution in [3.63, 3.8) is 0 Å². The Morgan fingerprint density at radius 1 is 1.26 bits per heavy atom. The Balaban J connectivity index is 1.86. The van der Waals surface area contributed by atoms with Crippen molar-refractivity contribution in [2.24, 2.45) is 11.8 Å². The van der Waals surface area contributed by atoms with Gasteiger partial charge in [0.25, 0.3) is 0 Å². The van der Waals surface area contributed by atoms with E-state index in [1.165, 1.54) is 51.1 Å². The molecule has 112 valence electrons. The number of nitrogens with zero attached hydrogens (tertiary/aromatic N) is 1. The average molecular weight is 285 g/mol. The van der Waals surface area contributed by atoms with Crippen molar-refractivity contribution in [3.05, 3.63) is 0 Å². The summed E-state index contributed by atoms with van der Waals surface area (Å²) in [6, 6.07) is 0.774. The first-order chi connectivity index (χ1) is 9.22. The van der Waals surface area contributed by atoms with E-state index in [2.05, 4.69) is 42.7 Å². The van der Waals surface area contributed by atoms with Crippen molar-refractivity contribution in [1.82, 2.24) is 10.2 Å². The molecule has 4 unspecified atom stereocenters. The van der Waals surface area contributed by atoms with Crippen LogP contribution in [0, 0.1) is 11.8 Å². The highest BCUT2D eigenvalue weighted by Gasteiger charge is 2.30. The first-order valence-corrected chi connectivity index (χ1v) is 9.35. The Morgan fingerprint density at radius 3 is 2.84 bits per heavy atom. The molecule has 1 heterocycles. The fraction of sp³-hybridized carbons (Fsp3) is 1.00. The molecule has 19 heavy (non-hydrogen) atoms. The lowest BCUT2D eigenvalue weighted by Crippen LogP contribution is -2.48. The van der Waals surface area contributed by atoms with Crippen LogP contribution >= 0.6 is 11.8 Å². The number of thioether (sulfide) groups is 1. The minimum absolute atomic E-state index is 0.774. The molecule has 1 aliphatic heterocycles. The molecule has 0 spiro atoms. The second kappa shape index (κ2) is 7.90. The van der Waals surface area contributed by atoms with Crippen molar-refractivity contribution in [3.8, 4) is 0 Å². The number of hydrogen-bond donors (Lipinski definition) is 1. The summed E-state index contributed by atoms with van der Waals surface area (Å²) in [5.41, 5.74) is 0. The number of rotatable bonds is 5. The molecular weight excluding hydrogens is 252 g/mol. The number of hydrogen-bond acceptors (Lipinski definition) is 3. The largest absolute Gasteiger partial charge is 0.314 e. The average Bonchev–Trinajstić information content (AvgIpc) is 2.42. The third kappa shape index (κ3) is 4.64. The van der Waals surface area contributed by atoms with Crippen molar-refractivity contribution < 1.29 is 0 Å². The minimum Gasteiger partial charge on any atom is -0.314 e. The van der Waals surface area contributed by atoms with Crippen LogP contribution in [0.1, 0.15) is 46.5 Å². The summed E-state index contributed by atoms with van der Waals surface area (Å²) >= 11 is 2.18. The Hall–Kier alpha value is 0.270. The molecule has 0 radical (unpaired) electrons. The van der Waals surface area contributed by atoms with Crippen LogP contribution < -0.4 is 5.32 Å². The molecule has 2 aliphatic rings. The Bertz CT molecular complexity index is 259. The maximum atomic E-state index is 3.74. The van der Waals surface area contributed by atoms with E-state index in [0.29, 0.717) is 0 Å². The van der Waals surface area contributed by atoms with E-state index < -0.39 is 0 Å². The molecule has 1 aliphatic carbocycles. The highest BCUT2D eigenvalue weighted by molar-refractivity contribution is 8.00. The summed E-state index contributed by atoms with van der Waals surface area (Å²) in [5, 5.41) is 4.62. The molecule has 3 heteroatoms. The van der Waals surface area contributed by atoms with E-state index in [1.807, 2.05) is 0 Å². The summed E-state index contributed by atoms with van der Waals surface area (Å²) in [4.78, 5) is 2.75. The Kier molecular flexibility index (Phi) is 6.51. The molecule has 0 aromatic heterocycles. The highest BCUT2D eigenvalue weighted by Crippen LogP contribution is 2.31. The van der Waals surface area contributed by atoms with E-state index in [9.17, 15) is 0 Å². The minimum atomic E-state index is 0.774. The van der Waals surface area contributed by atoms with Gasteiger partial charge in [-0.2, -0.15) is 11.8 Å². The standard InChI is InChI=1S/C16H32N2S/c1-4-15-12-18(8-9-19-15)11-14-10-13(3)6-7-16(14)17-5-2/h13-17H,4-12H2,1-3H3. The lowest BCUT2D eigenvalue weighted by atomic mass is 9.78. The second-order valence-electron chi connectivity index (χ2n) is 6.50. The van der Waals surface area contributed by atoms with Gasteiger partial charge in [-0.3, -0.25) is 0 Å². The molecule has 0 amide bonds. The quantitative estimate of drug-likeness (QED) is 0.834. The van der Waals surface area contributed by atoms with Gasteiger partial charge in [-0.1, -0.05) is 20.8 Å². The first-order valence-electron chi connectivity index (χ1n) is 8.30. The fourth-order valence-corrected chi connectivity index (χ4v) is 5.01. The van der Waals surface area contributed by atoms with Gasteiger partial charge in [-0.25, -0.2) is 0 Å². The van der Waals surface area contributed by atoms with Crippen LogP contribution in [0.2, 0.25) is 0 Å². The van der Waals surface area contributed by atoms with E-state index in [4.69, 9.17) is 0 Å². The maximum absolute atomic E-state index is 3.74. The first kappa shape index (κ1) is 15.7. The summed E-state index contributed by atoms with van der Waals surface area (Å²) < 4.78 is 0. The molecule has 2 fully saturated rings. The van der Waals surface area contributed by atoms with E-state index in [1.54, 1.807) is 0 Å². The molecule has 4 atom stereocenters. The summed E-state index contributed by atoms with van der Waals surface area (Å²) in [6.45, 7) is 12.1. The van der Waals surface area contributed by atoms with E-state index >= 15 is 0 Å². The van der Waals surface area contributed by atoms with Crippen LogP contribution in [0.4, 0.5) is 0 Å². The van der Waals surface area contributed by atoms with E-state index in [0.717, 1.165) is 29.7 Å². The van der Waals surface area contributed by atoms with Crippen LogP contribution in [-0.2, 0) is 0 Å². The molecule has 0 bridgehead atoms. The van der Waals surface area contributed by atoms with Gasteiger partial charge in [0.15, 0.2) is 0 Å². The third-order valence-electron chi connectivity index (χ3n) is 4.88. The van der Waals surface area contributed by atoms with Gasteiger partial charge >= 0.3 is 0 Å². The second-order valence-corrected chi connectivity index (χ2v) is 7.91. The van der Waals surface area contributed by atoms with Crippen molar-refractivity contribution in [2.45, 2.75) is 57.7 Å². The van der Waals surface area contributed by atoms with Crippen molar-refractivity contribution >= 4 is 11.8 Å². The normalized spacial score (nSPS) is 37.4.